The number of carbonyl (C=O) groups is 1. The van der Waals surface area contributed by atoms with Crippen molar-refractivity contribution in [2.24, 2.45) is 5.14 Å². The molecule has 1 atom stereocenters. The van der Waals surface area contributed by atoms with Gasteiger partial charge in [0.05, 0.1) is 24.7 Å². The monoisotopic (exact) mass is 511 g/mol. The van der Waals surface area contributed by atoms with Crippen molar-refractivity contribution >= 4 is 27.3 Å². The number of nitrogens with zero attached hydrogens (tertiary/aromatic N) is 4. The summed E-state index contributed by atoms with van der Waals surface area (Å²) < 4.78 is 32.4. The molecule has 3 heterocycles. The van der Waals surface area contributed by atoms with Gasteiger partial charge in [0.2, 0.25) is 0 Å². The van der Waals surface area contributed by atoms with Crippen LogP contribution in [0.15, 0.2) is 42.5 Å². The lowest BCUT2D eigenvalue weighted by molar-refractivity contribution is 0.119. The van der Waals surface area contributed by atoms with Crippen LogP contribution >= 0.6 is 0 Å². The largest absolute Gasteiger partial charge is 0.453 e. The van der Waals surface area contributed by atoms with Gasteiger partial charge >= 0.3 is 6.09 Å². The Morgan fingerprint density at radius 2 is 1.86 bits per heavy atom. The molecule has 2 aromatic carbocycles. The van der Waals surface area contributed by atoms with E-state index in [1.807, 2.05) is 6.07 Å². The highest BCUT2D eigenvalue weighted by atomic mass is 32.2. The summed E-state index contributed by atoms with van der Waals surface area (Å²) in [6.45, 7) is 4.06. The van der Waals surface area contributed by atoms with Crippen molar-refractivity contribution in [3.63, 3.8) is 0 Å². The second-order valence-electron chi connectivity index (χ2n) is 9.81. The second-order valence-corrected chi connectivity index (χ2v) is 11.4. The van der Waals surface area contributed by atoms with Crippen molar-refractivity contribution in [3.8, 4) is 0 Å². The van der Waals surface area contributed by atoms with Crippen molar-refractivity contribution in [2.75, 3.05) is 26.7 Å². The summed E-state index contributed by atoms with van der Waals surface area (Å²) in [6.07, 6.45) is 2.60. The number of rotatable bonds is 5. The van der Waals surface area contributed by atoms with Gasteiger partial charge in [-0.15, -0.1) is 0 Å². The second kappa shape index (κ2) is 9.84. The fourth-order valence-electron chi connectivity index (χ4n) is 5.66. The van der Waals surface area contributed by atoms with Crippen LogP contribution in [0, 0.1) is 0 Å². The van der Waals surface area contributed by atoms with Crippen LogP contribution in [0.3, 0.4) is 0 Å². The lowest BCUT2D eigenvalue weighted by atomic mass is 9.96. The summed E-state index contributed by atoms with van der Waals surface area (Å²) in [4.78, 5) is 19.2. The van der Waals surface area contributed by atoms with Crippen LogP contribution in [-0.4, -0.2) is 60.0 Å². The van der Waals surface area contributed by atoms with E-state index in [4.69, 9.17) is 14.9 Å². The highest BCUT2D eigenvalue weighted by molar-refractivity contribution is 7.86. The minimum atomic E-state index is -3.70. The van der Waals surface area contributed by atoms with Gasteiger partial charge in [-0.05, 0) is 49.8 Å². The molecule has 0 unspecified atom stereocenters. The van der Waals surface area contributed by atoms with Crippen molar-refractivity contribution in [3.05, 3.63) is 65.0 Å². The third kappa shape index (κ3) is 4.72. The number of methoxy groups -OCH3 is 1. The number of imidazole rings is 1. The minimum Gasteiger partial charge on any atom is -0.453 e. The average Bonchev–Trinajstić information content (AvgIpc) is 3.28. The first kappa shape index (κ1) is 24.7. The van der Waals surface area contributed by atoms with Gasteiger partial charge in [-0.1, -0.05) is 36.4 Å². The van der Waals surface area contributed by atoms with E-state index < -0.39 is 10.2 Å². The van der Waals surface area contributed by atoms with Gasteiger partial charge in [-0.2, -0.15) is 12.7 Å². The smallest absolute Gasteiger partial charge is 0.409 e. The molecule has 1 fully saturated rings. The number of fused-ring (bicyclic) bond motifs is 3. The van der Waals surface area contributed by atoms with Gasteiger partial charge < -0.3 is 14.2 Å². The first-order chi connectivity index (χ1) is 17.3. The number of carbonyl (C=O) groups excluding carboxylic acids is 1. The Bertz CT molecular complexity index is 1360. The number of piperidine rings is 1. The predicted octanol–water partition coefficient (Wildman–Crippen LogP) is 3.35. The molecule has 3 aromatic rings. The zero-order valence-electron chi connectivity index (χ0n) is 20.8. The van der Waals surface area contributed by atoms with E-state index in [1.54, 1.807) is 4.90 Å². The van der Waals surface area contributed by atoms with E-state index in [0.717, 1.165) is 35.3 Å². The summed E-state index contributed by atoms with van der Waals surface area (Å²) >= 11 is 0. The van der Waals surface area contributed by atoms with Crippen molar-refractivity contribution < 1.29 is 17.9 Å². The highest BCUT2D eigenvalue weighted by Gasteiger charge is 2.32. The zero-order chi connectivity index (χ0) is 25.4. The highest BCUT2D eigenvalue weighted by Crippen LogP contribution is 2.36. The molecular formula is C26H33N5O4S. The number of benzene rings is 2. The molecule has 2 aliphatic rings. The first-order valence-electron chi connectivity index (χ1n) is 12.4. The van der Waals surface area contributed by atoms with Crippen LogP contribution in [0.2, 0.25) is 0 Å². The maximum Gasteiger partial charge on any atom is 0.409 e. The molecule has 0 spiro atoms. The SMILES string of the molecule is COC(=O)N1CCc2ccc3c(nc(C4CCN(S(N)(=O)=O)CC4)n3[C@H](C)Cc3ccccc3)c2C1. The molecule has 2 aliphatic heterocycles. The molecule has 192 valence electrons. The molecule has 5 rings (SSSR count). The maximum atomic E-state index is 12.3. The van der Waals surface area contributed by atoms with Crippen molar-refractivity contribution in [1.29, 1.82) is 0 Å². The van der Waals surface area contributed by atoms with E-state index in [1.165, 1.54) is 22.5 Å². The van der Waals surface area contributed by atoms with Gasteiger partial charge in [0.1, 0.15) is 5.82 Å². The van der Waals surface area contributed by atoms with E-state index in [2.05, 4.69) is 47.9 Å². The molecule has 1 saturated heterocycles. The van der Waals surface area contributed by atoms with Gasteiger partial charge in [-0.25, -0.2) is 14.9 Å². The third-order valence-corrected chi connectivity index (χ3v) is 8.60. The number of nitrogens with two attached hydrogens (primary N) is 1. The molecule has 2 N–H and O–H groups in total. The molecule has 0 radical (unpaired) electrons. The van der Waals surface area contributed by atoms with Crippen LogP contribution in [0.4, 0.5) is 4.79 Å². The molecule has 1 aromatic heterocycles. The Hall–Kier alpha value is -2.95. The molecule has 0 aliphatic carbocycles. The summed E-state index contributed by atoms with van der Waals surface area (Å²) in [6, 6.07) is 14.8. The zero-order valence-corrected chi connectivity index (χ0v) is 21.6. The minimum absolute atomic E-state index is 0.115. The molecular weight excluding hydrogens is 478 g/mol. The topological polar surface area (TPSA) is 111 Å². The fourth-order valence-corrected chi connectivity index (χ4v) is 6.38. The third-order valence-electron chi connectivity index (χ3n) is 7.52. The number of hydrogen-bond acceptors (Lipinski definition) is 5. The van der Waals surface area contributed by atoms with Gasteiger partial charge in [0, 0.05) is 37.2 Å². The summed E-state index contributed by atoms with van der Waals surface area (Å²) in [5.74, 6) is 1.09. The quantitative estimate of drug-likeness (QED) is 0.565. The van der Waals surface area contributed by atoms with Crippen LogP contribution < -0.4 is 5.14 Å². The summed E-state index contributed by atoms with van der Waals surface area (Å²) in [5, 5.41) is 5.38. The fraction of sp³-hybridized carbons (Fsp3) is 0.462. The normalized spacial score (nSPS) is 18.2. The van der Waals surface area contributed by atoms with E-state index in [9.17, 15) is 13.2 Å². The standard InChI is InChI=1S/C26H33N5O4S/c1-18(16-19-6-4-3-5-7-19)31-23-9-8-20-10-13-29(26(32)35-2)17-22(20)24(23)28-25(31)21-11-14-30(15-12-21)36(27,33)34/h3-9,18,21H,10-17H2,1-2H3,(H2,27,33,34)/t18-/m1/s1. The molecule has 0 saturated carbocycles. The van der Waals surface area contributed by atoms with Crippen molar-refractivity contribution in [1.82, 2.24) is 18.8 Å². The van der Waals surface area contributed by atoms with Gasteiger partial charge in [-0.3, -0.25) is 0 Å². The van der Waals surface area contributed by atoms with Crippen molar-refractivity contribution in [2.45, 2.75) is 51.1 Å². The van der Waals surface area contributed by atoms with Crippen LogP contribution in [0.25, 0.3) is 11.0 Å². The Balaban J connectivity index is 1.56. The Kier molecular flexibility index (Phi) is 6.76. The molecule has 9 nitrogen and oxygen atoms in total. The van der Waals surface area contributed by atoms with E-state index in [0.29, 0.717) is 39.0 Å². The molecule has 10 heteroatoms. The van der Waals surface area contributed by atoms with Crippen LogP contribution in [0.5, 0.6) is 0 Å². The van der Waals surface area contributed by atoms with Crippen LogP contribution in [-0.2, 0) is 34.3 Å². The Morgan fingerprint density at radius 3 is 2.53 bits per heavy atom. The van der Waals surface area contributed by atoms with Crippen LogP contribution in [0.1, 0.15) is 54.2 Å². The molecule has 0 bridgehead atoms. The maximum absolute atomic E-state index is 12.3. The summed E-state index contributed by atoms with van der Waals surface area (Å²) in [7, 11) is -2.29. The summed E-state index contributed by atoms with van der Waals surface area (Å²) in [5.41, 5.74) is 5.49. The van der Waals surface area contributed by atoms with Gasteiger partial charge in [0.15, 0.2) is 0 Å². The average molecular weight is 512 g/mol. The number of aromatic nitrogens is 2. The lowest BCUT2D eigenvalue weighted by Gasteiger charge is -2.30. The molecule has 1 amide bonds. The predicted molar refractivity (Wildman–Crippen MR) is 138 cm³/mol. The van der Waals surface area contributed by atoms with E-state index >= 15 is 0 Å². The Morgan fingerprint density at radius 1 is 1.14 bits per heavy atom. The number of hydrogen-bond donors (Lipinski definition) is 1. The lowest BCUT2D eigenvalue weighted by Crippen LogP contribution is -2.42. The Labute approximate surface area is 212 Å². The number of amides is 1. The van der Waals surface area contributed by atoms with E-state index in [-0.39, 0.29) is 18.1 Å². The first-order valence-corrected chi connectivity index (χ1v) is 13.9. The van der Waals surface area contributed by atoms with Gasteiger partial charge in [0.25, 0.3) is 10.2 Å². The molecule has 36 heavy (non-hydrogen) atoms. The number of ether oxygens (including phenoxy) is 1.